The Labute approximate surface area is 160 Å². The molecule has 136 valence electrons. The van der Waals surface area contributed by atoms with Crippen molar-refractivity contribution in [3.05, 3.63) is 57.7 Å². The van der Waals surface area contributed by atoms with Gasteiger partial charge in [0.25, 0.3) is 11.3 Å². The first kappa shape index (κ1) is 16.4. The molecule has 0 amide bonds. The van der Waals surface area contributed by atoms with Crippen molar-refractivity contribution in [2.75, 3.05) is 0 Å². The Bertz CT molecular complexity index is 1240. The van der Waals surface area contributed by atoms with Crippen molar-refractivity contribution in [1.29, 1.82) is 0 Å². The van der Waals surface area contributed by atoms with Crippen LogP contribution in [0.15, 0.2) is 41.3 Å². The van der Waals surface area contributed by atoms with Crippen LogP contribution in [0, 0.1) is 6.92 Å². The molecule has 0 unspecified atom stereocenters. The molecule has 3 aromatic heterocycles. The Morgan fingerprint density at radius 2 is 1.96 bits per heavy atom. The van der Waals surface area contributed by atoms with E-state index >= 15 is 0 Å². The lowest BCUT2D eigenvalue weighted by atomic mass is 10.1. The van der Waals surface area contributed by atoms with E-state index in [0.29, 0.717) is 33.2 Å². The Morgan fingerprint density at radius 1 is 1.15 bits per heavy atom. The standard InChI is InChI=1S/C20H18ClN5O/c1-12-22-20-23-16-9-10-25(15-7-2-3-8-15)19(27)17(16)18(26(20)24-12)13-5-4-6-14(21)11-13/h4-6,9-11,15H,2-3,7-8H2,1H3. The number of hydrogen-bond acceptors (Lipinski definition) is 4. The van der Waals surface area contributed by atoms with E-state index in [0.717, 1.165) is 31.2 Å². The van der Waals surface area contributed by atoms with Gasteiger partial charge in [-0.1, -0.05) is 36.6 Å². The van der Waals surface area contributed by atoms with Crippen LogP contribution in [0.2, 0.25) is 5.02 Å². The molecule has 4 aromatic rings. The summed E-state index contributed by atoms with van der Waals surface area (Å²) in [5.41, 5.74) is 2.11. The summed E-state index contributed by atoms with van der Waals surface area (Å²) >= 11 is 6.23. The molecule has 1 saturated carbocycles. The Kier molecular flexibility index (Phi) is 3.75. The first-order valence-corrected chi connectivity index (χ1v) is 9.54. The van der Waals surface area contributed by atoms with Gasteiger partial charge in [0.05, 0.1) is 16.6 Å². The zero-order chi connectivity index (χ0) is 18.5. The maximum Gasteiger partial charge on any atom is 0.262 e. The van der Waals surface area contributed by atoms with Crippen LogP contribution in [0.25, 0.3) is 27.9 Å². The minimum atomic E-state index is -0.0306. The van der Waals surface area contributed by atoms with Crippen LogP contribution in [-0.2, 0) is 0 Å². The van der Waals surface area contributed by atoms with Gasteiger partial charge in [0.1, 0.15) is 5.82 Å². The predicted molar refractivity (Wildman–Crippen MR) is 105 cm³/mol. The van der Waals surface area contributed by atoms with Crippen molar-refractivity contribution >= 4 is 28.3 Å². The topological polar surface area (TPSA) is 65.1 Å². The van der Waals surface area contributed by atoms with Crippen LogP contribution in [0.5, 0.6) is 0 Å². The average Bonchev–Trinajstić information content (AvgIpc) is 3.29. The molecule has 1 aliphatic carbocycles. The van der Waals surface area contributed by atoms with Crippen LogP contribution in [0.1, 0.15) is 37.5 Å². The summed E-state index contributed by atoms with van der Waals surface area (Å²) in [5.74, 6) is 1.09. The summed E-state index contributed by atoms with van der Waals surface area (Å²) < 4.78 is 3.52. The fraction of sp³-hybridized carbons (Fsp3) is 0.300. The molecule has 7 heteroatoms. The molecule has 1 aliphatic rings. The monoisotopic (exact) mass is 379 g/mol. The first-order chi connectivity index (χ1) is 13.1. The number of fused-ring (bicyclic) bond motifs is 2. The third kappa shape index (κ3) is 2.63. The summed E-state index contributed by atoms with van der Waals surface area (Å²) in [6.45, 7) is 1.82. The number of hydrogen-bond donors (Lipinski definition) is 0. The molecular weight excluding hydrogens is 362 g/mol. The van der Waals surface area contributed by atoms with Crippen molar-refractivity contribution in [3.63, 3.8) is 0 Å². The molecule has 0 aliphatic heterocycles. The Hall–Kier alpha value is -2.73. The average molecular weight is 380 g/mol. The van der Waals surface area contributed by atoms with E-state index in [2.05, 4.69) is 15.1 Å². The van der Waals surface area contributed by atoms with E-state index in [1.165, 1.54) is 0 Å². The minimum Gasteiger partial charge on any atom is -0.312 e. The molecule has 0 N–H and O–H groups in total. The second-order valence-electron chi connectivity index (χ2n) is 7.07. The van der Waals surface area contributed by atoms with Gasteiger partial charge in [0, 0.05) is 22.8 Å². The second kappa shape index (κ2) is 6.16. The Morgan fingerprint density at radius 3 is 2.74 bits per heavy atom. The highest BCUT2D eigenvalue weighted by Gasteiger charge is 2.22. The zero-order valence-corrected chi connectivity index (χ0v) is 15.6. The largest absolute Gasteiger partial charge is 0.312 e. The summed E-state index contributed by atoms with van der Waals surface area (Å²) in [5, 5.41) is 5.65. The van der Waals surface area contributed by atoms with Crippen molar-refractivity contribution < 1.29 is 0 Å². The number of aryl methyl sites for hydroxylation is 1. The normalized spacial score (nSPS) is 15.2. The molecule has 0 spiro atoms. The van der Waals surface area contributed by atoms with Crippen molar-refractivity contribution in [3.8, 4) is 11.3 Å². The van der Waals surface area contributed by atoms with Crippen molar-refractivity contribution in [1.82, 2.24) is 24.1 Å². The van der Waals surface area contributed by atoms with E-state index in [4.69, 9.17) is 11.6 Å². The highest BCUT2D eigenvalue weighted by Crippen LogP contribution is 2.31. The number of benzene rings is 1. The molecule has 0 atom stereocenters. The molecule has 27 heavy (non-hydrogen) atoms. The summed E-state index contributed by atoms with van der Waals surface area (Å²) in [6, 6.07) is 9.63. The second-order valence-corrected chi connectivity index (χ2v) is 7.50. The van der Waals surface area contributed by atoms with E-state index in [1.807, 2.05) is 48.0 Å². The molecular formula is C20H18ClN5O. The van der Waals surface area contributed by atoms with Crippen molar-refractivity contribution in [2.45, 2.75) is 38.6 Å². The quantitative estimate of drug-likeness (QED) is 0.524. The molecule has 1 fully saturated rings. The van der Waals surface area contributed by atoms with Gasteiger partial charge in [-0.3, -0.25) is 4.79 Å². The van der Waals surface area contributed by atoms with Gasteiger partial charge in [0.2, 0.25) is 0 Å². The number of rotatable bonds is 2. The lowest BCUT2D eigenvalue weighted by molar-refractivity contribution is 0.505. The number of aromatic nitrogens is 5. The summed E-state index contributed by atoms with van der Waals surface area (Å²) in [6.07, 6.45) is 6.27. The zero-order valence-electron chi connectivity index (χ0n) is 14.9. The van der Waals surface area contributed by atoms with Crippen LogP contribution in [-0.4, -0.2) is 24.1 Å². The lowest BCUT2D eigenvalue weighted by Crippen LogP contribution is -2.24. The van der Waals surface area contributed by atoms with Crippen LogP contribution in [0.3, 0.4) is 0 Å². The first-order valence-electron chi connectivity index (χ1n) is 9.16. The number of pyridine rings is 1. The van der Waals surface area contributed by atoms with Crippen LogP contribution < -0.4 is 5.56 Å². The molecule has 3 heterocycles. The Balaban J connectivity index is 1.92. The van der Waals surface area contributed by atoms with Gasteiger partial charge >= 0.3 is 0 Å². The smallest absolute Gasteiger partial charge is 0.262 e. The highest BCUT2D eigenvalue weighted by molar-refractivity contribution is 6.30. The minimum absolute atomic E-state index is 0.0306. The van der Waals surface area contributed by atoms with Crippen molar-refractivity contribution in [2.24, 2.45) is 0 Å². The maximum atomic E-state index is 13.5. The molecule has 6 nitrogen and oxygen atoms in total. The molecule has 1 aromatic carbocycles. The third-order valence-electron chi connectivity index (χ3n) is 5.28. The van der Waals surface area contributed by atoms with Gasteiger partial charge in [-0.05, 0) is 38.0 Å². The van der Waals surface area contributed by atoms with Gasteiger partial charge < -0.3 is 4.57 Å². The van der Waals surface area contributed by atoms with E-state index in [9.17, 15) is 4.79 Å². The van der Waals surface area contributed by atoms with E-state index in [-0.39, 0.29) is 11.6 Å². The molecule has 0 radical (unpaired) electrons. The third-order valence-corrected chi connectivity index (χ3v) is 5.51. The van der Waals surface area contributed by atoms with Gasteiger partial charge in [-0.25, -0.2) is 4.98 Å². The number of nitrogens with zero attached hydrogens (tertiary/aromatic N) is 5. The van der Waals surface area contributed by atoms with E-state index in [1.54, 1.807) is 4.52 Å². The van der Waals surface area contributed by atoms with Crippen LogP contribution >= 0.6 is 11.6 Å². The van der Waals surface area contributed by atoms with Gasteiger partial charge in [-0.15, -0.1) is 5.10 Å². The molecule has 0 saturated heterocycles. The predicted octanol–water partition coefficient (Wildman–Crippen LogP) is 4.18. The van der Waals surface area contributed by atoms with Crippen LogP contribution in [0.4, 0.5) is 0 Å². The fourth-order valence-electron chi connectivity index (χ4n) is 4.07. The number of halogens is 1. The van der Waals surface area contributed by atoms with E-state index < -0.39 is 0 Å². The maximum absolute atomic E-state index is 13.5. The molecule has 0 bridgehead atoms. The van der Waals surface area contributed by atoms with Gasteiger partial charge in [0.15, 0.2) is 0 Å². The SMILES string of the molecule is Cc1nc2nc3ccn(C4CCCC4)c(=O)c3c(-c3cccc(Cl)c3)n2n1. The lowest BCUT2D eigenvalue weighted by Gasteiger charge is -2.15. The summed E-state index contributed by atoms with van der Waals surface area (Å²) in [7, 11) is 0. The van der Waals surface area contributed by atoms with Gasteiger partial charge in [-0.2, -0.15) is 9.50 Å². The molecule has 5 rings (SSSR count). The fourth-order valence-corrected chi connectivity index (χ4v) is 4.26. The summed E-state index contributed by atoms with van der Waals surface area (Å²) in [4.78, 5) is 22.5. The highest BCUT2D eigenvalue weighted by atomic mass is 35.5.